The maximum atomic E-state index is 12.9. The zero-order valence-electron chi connectivity index (χ0n) is 17.8. The largest absolute Gasteiger partial charge is 0.378 e. The highest BCUT2D eigenvalue weighted by Crippen LogP contribution is 2.29. The Bertz CT molecular complexity index is 1370. The molecule has 0 aliphatic carbocycles. The third kappa shape index (κ3) is 3.72. The predicted octanol–water partition coefficient (Wildman–Crippen LogP) is 4.94. The topological polar surface area (TPSA) is 89.7 Å². The summed E-state index contributed by atoms with van der Waals surface area (Å²) in [7, 11) is 3.96. The fraction of sp³-hybridized carbons (Fsp3) is 0.0800. The van der Waals surface area contributed by atoms with Gasteiger partial charge in [-0.25, -0.2) is 9.97 Å². The Hall–Kier alpha value is -4.39. The second kappa shape index (κ2) is 8.03. The van der Waals surface area contributed by atoms with E-state index in [1.807, 2.05) is 86.0 Å². The van der Waals surface area contributed by atoms with Crippen LogP contribution in [0.4, 0.5) is 11.4 Å². The Balaban J connectivity index is 1.50. The Morgan fingerprint density at radius 1 is 0.812 bits per heavy atom. The number of aromatic nitrogens is 4. The molecule has 0 fully saturated rings. The zero-order valence-corrected chi connectivity index (χ0v) is 17.8. The second-order valence-corrected chi connectivity index (χ2v) is 7.69. The van der Waals surface area contributed by atoms with E-state index in [1.165, 1.54) is 0 Å². The molecule has 5 rings (SSSR count). The molecule has 0 unspecified atom stereocenters. The van der Waals surface area contributed by atoms with Crippen LogP contribution in [0.15, 0.2) is 79.1 Å². The number of benzene rings is 2. The van der Waals surface area contributed by atoms with Gasteiger partial charge >= 0.3 is 0 Å². The summed E-state index contributed by atoms with van der Waals surface area (Å²) in [6, 6.07) is 20.9. The van der Waals surface area contributed by atoms with Crippen LogP contribution < -0.4 is 10.2 Å². The number of fused-ring (bicyclic) bond motifs is 1. The molecule has 0 atom stereocenters. The number of carbonyl (C=O) groups excluding carboxylic acids is 1. The number of nitrogens with one attached hydrogen (secondary N) is 3. The molecule has 0 saturated heterocycles. The number of nitrogens with zero attached hydrogens (tertiary/aromatic N) is 3. The molecule has 3 heterocycles. The summed E-state index contributed by atoms with van der Waals surface area (Å²) in [6.45, 7) is 0. The monoisotopic (exact) mass is 422 g/mol. The maximum absolute atomic E-state index is 12.9. The fourth-order valence-corrected chi connectivity index (χ4v) is 3.57. The molecule has 0 spiro atoms. The van der Waals surface area contributed by atoms with E-state index >= 15 is 0 Å². The van der Waals surface area contributed by atoms with Crippen molar-refractivity contribution in [1.82, 2.24) is 19.9 Å². The van der Waals surface area contributed by atoms with Crippen LogP contribution in [0.25, 0.3) is 33.8 Å². The van der Waals surface area contributed by atoms with Crippen molar-refractivity contribution in [1.29, 1.82) is 0 Å². The quantitative estimate of drug-likeness (QED) is 0.374. The van der Waals surface area contributed by atoms with Gasteiger partial charge in [0.05, 0.1) is 22.4 Å². The number of rotatable bonds is 5. The molecule has 5 aromatic rings. The summed E-state index contributed by atoms with van der Waals surface area (Å²) in [5.74, 6) is -0.193. The molecule has 2 aromatic carbocycles. The Morgan fingerprint density at radius 3 is 2.00 bits per heavy atom. The number of hydrogen-bond donors (Lipinski definition) is 3. The molecule has 0 aliphatic rings. The van der Waals surface area contributed by atoms with Crippen molar-refractivity contribution in [2.75, 3.05) is 24.3 Å². The van der Waals surface area contributed by atoms with Gasteiger partial charge in [-0.05, 0) is 66.7 Å². The van der Waals surface area contributed by atoms with Gasteiger partial charge in [0.1, 0.15) is 11.4 Å². The molecule has 0 bridgehead atoms. The van der Waals surface area contributed by atoms with Gasteiger partial charge in [-0.15, -0.1) is 0 Å². The van der Waals surface area contributed by atoms with Crippen LogP contribution in [-0.2, 0) is 0 Å². The minimum Gasteiger partial charge on any atom is -0.378 e. The highest BCUT2D eigenvalue weighted by Gasteiger charge is 2.16. The number of hydrogen-bond acceptors (Lipinski definition) is 4. The van der Waals surface area contributed by atoms with E-state index in [9.17, 15) is 4.79 Å². The molecule has 3 aromatic heterocycles. The van der Waals surface area contributed by atoms with Crippen molar-refractivity contribution in [2.24, 2.45) is 0 Å². The first-order valence-electron chi connectivity index (χ1n) is 10.3. The van der Waals surface area contributed by atoms with Gasteiger partial charge in [0.25, 0.3) is 5.91 Å². The standard InChI is InChI=1S/C25H22N6O/c1-31(2)18-10-8-17(9-11-18)28-25(32)16-7-12-19-22(15-16)30-24(21-6-4-14-27-21)23(29-19)20-5-3-13-26-20/h3-15,26-27H,1-2H3,(H,28,32). The lowest BCUT2D eigenvalue weighted by atomic mass is 10.1. The van der Waals surface area contributed by atoms with Crippen LogP contribution in [0.5, 0.6) is 0 Å². The molecule has 0 aliphatic heterocycles. The third-order valence-corrected chi connectivity index (χ3v) is 5.27. The van der Waals surface area contributed by atoms with E-state index in [-0.39, 0.29) is 5.91 Å². The highest BCUT2D eigenvalue weighted by molar-refractivity contribution is 6.06. The van der Waals surface area contributed by atoms with E-state index in [2.05, 4.69) is 15.3 Å². The van der Waals surface area contributed by atoms with Crippen molar-refractivity contribution in [3.05, 3.63) is 84.7 Å². The van der Waals surface area contributed by atoms with Crippen molar-refractivity contribution in [3.8, 4) is 22.8 Å². The molecule has 158 valence electrons. The molecular weight excluding hydrogens is 400 g/mol. The van der Waals surface area contributed by atoms with E-state index in [1.54, 1.807) is 12.1 Å². The van der Waals surface area contributed by atoms with Gasteiger partial charge in [0, 0.05) is 43.4 Å². The van der Waals surface area contributed by atoms with Crippen LogP contribution in [0.3, 0.4) is 0 Å². The molecular formula is C25H22N6O. The predicted molar refractivity (Wildman–Crippen MR) is 128 cm³/mol. The van der Waals surface area contributed by atoms with Crippen LogP contribution in [0.2, 0.25) is 0 Å². The Labute approximate surface area is 185 Å². The van der Waals surface area contributed by atoms with Crippen LogP contribution >= 0.6 is 0 Å². The Kier molecular flexibility index (Phi) is 4.91. The molecule has 1 amide bonds. The van der Waals surface area contributed by atoms with Crippen LogP contribution in [0, 0.1) is 0 Å². The van der Waals surface area contributed by atoms with Crippen molar-refractivity contribution < 1.29 is 4.79 Å². The van der Waals surface area contributed by atoms with E-state index in [4.69, 9.17) is 9.97 Å². The van der Waals surface area contributed by atoms with Gasteiger partial charge in [-0.2, -0.15) is 0 Å². The lowest BCUT2D eigenvalue weighted by Gasteiger charge is -2.13. The van der Waals surface area contributed by atoms with Crippen LogP contribution in [-0.4, -0.2) is 39.9 Å². The van der Waals surface area contributed by atoms with Gasteiger partial charge < -0.3 is 20.2 Å². The first-order valence-corrected chi connectivity index (χ1v) is 10.3. The zero-order chi connectivity index (χ0) is 22.1. The summed E-state index contributed by atoms with van der Waals surface area (Å²) in [4.78, 5) is 31.0. The van der Waals surface area contributed by atoms with Gasteiger partial charge in [0.15, 0.2) is 0 Å². The molecule has 0 radical (unpaired) electrons. The van der Waals surface area contributed by atoms with Crippen LogP contribution in [0.1, 0.15) is 10.4 Å². The molecule has 7 heteroatoms. The summed E-state index contributed by atoms with van der Waals surface area (Å²) in [5, 5.41) is 2.95. The summed E-state index contributed by atoms with van der Waals surface area (Å²) >= 11 is 0. The maximum Gasteiger partial charge on any atom is 0.255 e. The number of anilines is 2. The highest BCUT2D eigenvalue weighted by atomic mass is 16.1. The number of carbonyl (C=O) groups is 1. The lowest BCUT2D eigenvalue weighted by Crippen LogP contribution is -2.13. The summed E-state index contributed by atoms with van der Waals surface area (Å²) in [6.07, 6.45) is 3.71. The number of H-pyrrole nitrogens is 2. The van der Waals surface area contributed by atoms with Crippen molar-refractivity contribution in [3.63, 3.8) is 0 Å². The molecule has 32 heavy (non-hydrogen) atoms. The smallest absolute Gasteiger partial charge is 0.255 e. The van der Waals surface area contributed by atoms with Gasteiger partial charge in [-0.3, -0.25) is 4.79 Å². The average Bonchev–Trinajstić information content (AvgIpc) is 3.52. The first kappa shape index (κ1) is 19.6. The molecule has 7 nitrogen and oxygen atoms in total. The van der Waals surface area contributed by atoms with Crippen molar-refractivity contribution >= 4 is 28.3 Å². The SMILES string of the molecule is CN(C)c1ccc(NC(=O)c2ccc3nc(-c4ccc[nH]4)c(-c4ccc[nH]4)nc3c2)cc1. The summed E-state index contributed by atoms with van der Waals surface area (Å²) < 4.78 is 0. The average molecular weight is 422 g/mol. The van der Waals surface area contributed by atoms with Crippen molar-refractivity contribution in [2.45, 2.75) is 0 Å². The normalized spacial score (nSPS) is 10.9. The Morgan fingerprint density at radius 2 is 1.44 bits per heavy atom. The van der Waals surface area contributed by atoms with E-state index < -0.39 is 0 Å². The minimum atomic E-state index is -0.193. The van der Waals surface area contributed by atoms with Gasteiger partial charge in [0.2, 0.25) is 0 Å². The molecule has 0 saturated carbocycles. The number of aromatic amines is 2. The lowest BCUT2D eigenvalue weighted by molar-refractivity contribution is 0.102. The molecule has 3 N–H and O–H groups in total. The number of amides is 1. The first-order chi connectivity index (χ1) is 15.6. The van der Waals surface area contributed by atoms with E-state index in [0.717, 1.165) is 39.7 Å². The van der Waals surface area contributed by atoms with Gasteiger partial charge in [-0.1, -0.05) is 0 Å². The second-order valence-electron chi connectivity index (χ2n) is 7.69. The summed E-state index contributed by atoms with van der Waals surface area (Å²) in [5.41, 5.74) is 6.92. The minimum absolute atomic E-state index is 0.193. The third-order valence-electron chi connectivity index (χ3n) is 5.27. The van der Waals surface area contributed by atoms with E-state index in [0.29, 0.717) is 11.1 Å². The fourth-order valence-electron chi connectivity index (χ4n) is 3.57.